The normalized spacial score (nSPS) is 11.0. The molecule has 3 aromatic rings. The van der Waals surface area contributed by atoms with Crippen molar-refractivity contribution >= 4 is 5.78 Å². The van der Waals surface area contributed by atoms with Crippen molar-refractivity contribution in [3.8, 4) is 17.2 Å². The van der Waals surface area contributed by atoms with E-state index in [1.165, 1.54) is 0 Å². The highest BCUT2D eigenvalue weighted by Gasteiger charge is 2.12. The minimum atomic E-state index is -0.233. The van der Waals surface area contributed by atoms with Gasteiger partial charge in [0.1, 0.15) is 22.8 Å². The topological polar surface area (TPSA) is 35.5 Å². The van der Waals surface area contributed by atoms with Crippen molar-refractivity contribution in [1.29, 1.82) is 0 Å². The van der Waals surface area contributed by atoms with Crippen LogP contribution in [0, 0.1) is 0 Å². The lowest BCUT2D eigenvalue weighted by molar-refractivity contribution is 0.103. The third-order valence-corrected chi connectivity index (χ3v) is 3.64. The van der Waals surface area contributed by atoms with Gasteiger partial charge in [0.2, 0.25) is 0 Å². The third kappa shape index (κ3) is 4.73. The Balaban J connectivity index is 1.67. The summed E-state index contributed by atoms with van der Waals surface area (Å²) in [5, 5.41) is 0. The summed E-state index contributed by atoms with van der Waals surface area (Å²) in [6.07, 6.45) is 0. The molecule has 3 rings (SSSR count). The number of benzene rings is 3. The molecule has 0 spiro atoms. The molecular weight excluding hydrogens is 324 g/mol. The fourth-order valence-electron chi connectivity index (χ4n) is 2.50. The second kappa shape index (κ2) is 7.44. The Morgan fingerprint density at radius 2 is 1.12 bits per heavy atom. The summed E-state index contributed by atoms with van der Waals surface area (Å²) in [5.41, 5.74) is 1.08. The molecule has 0 aliphatic carbocycles. The molecule has 3 aromatic carbocycles. The van der Waals surface area contributed by atoms with Gasteiger partial charge < -0.3 is 9.47 Å². The molecule has 0 amide bonds. The van der Waals surface area contributed by atoms with Gasteiger partial charge in [0, 0.05) is 11.1 Å². The van der Waals surface area contributed by atoms with Crippen molar-refractivity contribution in [1.82, 2.24) is 0 Å². The summed E-state index contributed by atoms with van der Waals surface area (Å²) in [5.74, 6) is 2.20. The molecule has 26 heavy (non-hydrogen) atoms. The monoisotopic (exact) mass is 346 g/mol. The van der Waals surface area contributed by atoms with Crippen molar-refractivity contribution in [3.63, 3.8) is 0 Å². The Bertz CT molecular complexity index is 858. The van der Waals surface area contributed by atoms with Crippen LogP contribution in [0.3, 0.4) is 0 Å². The summed E-state index contributed by atoms with van der Waals surface area (Å²) >= 11 is 0. The number of hydrogen-bond donors (Lipinski definition) is 0. The van der Waals surface area contributed by atoms with Gasteiger partial charge in [-0.25, -0.2) is 0 Å². The third-order valence-electron chi connectivity index (χ3n) is 3.64. The summed E-state index contributed by atoms with van der Waals surface area (Å²) < 4.78 is 11.6. The highest BCUT2D eigenvalue weighted by atomic mass is 16.5. The van der Waals surface area contributed by atoms with Gasteiger partial charge >= 0.3 is 0 Å². The van der Waals surface area contributed by atoms with Crippen LogP contribution in [0.25, 0.3) is 0 Å². The van der Waals surface area contributed by atoms with Gasteiger partial charge in [-0.05, 0) is 69.3 Å². The summed E-state index contributed by atoms with van der Waals surface area (Å²) in [7, 11) is 0. The minimum Gasteiger partial charge on any atom is -0.488 e. The van der Waals surface area contributed by atoms with Gasteiger partial charge in [0.25, 0.3) is 0 Å². The molecule has 3 nitrogen and oxygen atoms in total. The lowest BCUT2D eigenvalue weighted by Crippen LogP contribution is -2.22. The van der Waals surface area contributed by atoms with Crippen molar-refractivity contribution in [2.24, 2.45) is 0 Å². The van der Waals surface area contributed by atoms with E-state index in [-0.39, 0.29) is 11.4 Å². The average molecular weight is 346 g/mol. The van der Waals surface area contributed by atoms with E-state index in [0.717, 1.165) is 5.75 Å². The van der Waals surface area contributed by atoms with Crippen LogP contribution in [0.2, 0.25) is 0 Å². The Hall–Kier alpha value is -3.07. The number of ketones is 1. The Morgan fingerprint density at radius 3 is 1.65 bits per heavy atom. The maximum absolute atomic E-state index is 12.4. The van der Waals surface area contributed by atoms with Crippen LogP contribution in [0.1, 0.15) is 36.7 Å². The Labute approximate surface area is 154 Å². The molecule has 0 aliphatic rings. The van der Waals surface area contributed by atoms with Gasteiger partial charge in [-0.15, -0.1) is 0 Å². The van der Waals surface area contributed by atoms with E-state index in [1.807, 2.05) is 75.4 Å². The van der Waals surface area contributed by atoms with Crippen molar-refractivity contribution in [2.45, 2.75) is 26.4 Å². The second-order valence-electron chi connectivity index (χ2n) is 7.01. The molecule has 0 N–H and O–H groups in total. The molecule has 0 saturated heterocycles. The SMILES string of the molecule is CC(C)(C)Oc1ccc(Oc2ccc(C(=O)c3ccccc3)cc2)cc1. The average Bonchev–Trinajstić information content (AvgIpc) is 2.63. The fraction of sp³-hybridized carbons (Fsp3) is 0.174. The van der Waals surface area contributed by atoms with Crippen LogP contribution in [0.4, 0.5) is 0 Å². The molecule has 0 aromatic heterocycles. The quantitative estimate of drug-likeness (QED) is 0.541. The van der Waals surface area contributed by atoms with Gasteiger partial charge in [-0.2, -0.15) is 0 Å². The number of carbonyl (C=O) groups excluding carboxylic acids is 1. The standard InChI is InChI=1S/C23H22O3/c1-23(2,3)26-21-15-13-20(14-16-21)25-19-11-9-18(10-12-19)22(24)17-7-5-4-6-8-17/h4-16H,1-3H3. The first-order chi connectivity index (χ1) is 12.4. The zero-order valence-electron chi connectivity index (χ0n) is 15.2. The largest absolute Gasteiger partial charge is 0.488 e. The highest BCUT2D eigenvalue weighted by Crippen LogP contribution is 2.26. The molecule has 0 heterocycles. The summed E-state index contributed by atoms with van der Waals surface area (Å²) in [4.78, 5) is 12.4. The zero-order valence-corrected chi connectivity index (χ0v) is 15.2. The maximum Gasteiger partial charge on any atom is 0.193 e. The van der Waals surface area contributed by atoms with Gasteiger partial charge in [-0.3, -0.25) is 4.79 Å². The highest BCUT2D eigenvalue weighted by molar-refractivity contribution is 6.08. The molecule has 0 aliphatic heterocycles. The molecule has 0 fully saturated rings. The predicted molar refractivity (Wildman–Crippen MR) is 103 cm³/mol. The number of rotatable bonds is 5. The Morgan fingerprint density at radius 1 is 0.654 bits per heavy atom. The van der Waals surface area contributed by atoms with Crippen molar-refractivity contribution < 1.29 is 14.3 Å². The zero-order chi connectivity index (χ0) is 18.6. The van der Waals surface area contributed by atoms with E-state index >= 15 is 0 Å². The van der Waals surface area contributed by atoms with E-state index in [2.05, 4.69) is 0 Å². The lowest BCUT2D eigenvalue weighted by Gasteiger charge is -2.21. The number of ether oxygens (including phenoxy) is 2. The second-order valence-corrected chi connectivity index (χ2v) is 7.01. The molecule has 0 saturated carbocycles. The molecule has 132 valence electrons. The number of hydrogen-bond acceptors (Lipinski definition) is 3. The van der Waals surface area contributed by atoms with Crippen LogP contribution in [0.15, 0.2) is 78.9 Å². The molecule has 3 heteroatoms. The molecule has 0 unspecified atom stereocenters. The smallest absolute Gasteiger partial charge is 0.193 e. The molecule has 0 radical (unpaired) electrons. The van der Waals surface area contributed by atoms with Crippen LogP contribution in [-0.4, -0.2) is 11.4 Å². The van der Waals surface area contributed by atoms with E-state index in [9.17, 15) is 4.79 Å². The van der Waals surface area contributed by atoms with Crippen LogP contribution in [-0.2, 0) is 0 Å². The maximum atomic E-state index is 12.4. The summed E-state index contributed by atoms with van der Waals surface area (Å²) in [6, 6.07) is 23.9. The first-order valence-corrected chi connectivity index (χ1v) is 8.57. The molecule has 0 bridgehead atoms. The van der Waals surface area contributed by atoms with Crippen LogP contribution < -0.4 is 9.47 Å². The Kier molecular flexibility index (Phi) is 5.08. The molecule has 0 atom stereocenters. The van der Waals surface area contributed by atoms with E-state index in [1.54, 1.807) is 24.3 Å². The van der Waals surface area contributed by atoms with E-state index in [0.29, 0.717) is 22.6 Å². The van der Waals surface area contributed by atoms with E-state index in [4.69, 9.17) is 9.47 Å². The fourth-order valence-corrected chi connectivity index (χ4v) is 2.50. The summed E-state index contributed by atoms with van der Waals surface area (Å²) in [6.45, 7) is 6.03. The van der Waals surface area contributed by atoms with E-state index < -0.39 is 0 Å². The van der Waals surface area contributed by atoms with Gasteiger partial charge in [0.15, 0.2) is 5.78 Å². The predicted octanol–water partition coefficient (Wildman–Crippen LogP) is 5.89. The van der Waals surface area contributed by atoms with Crippen LogP contribution >= 0.6 is 0 Å². The molecular formula is C23H22O3. The van der Waals surface area contributed by atoms with Gasteiger partial charge in [-0.1, -0.05) is 30.3 Å². The number of carbonyl (C=O) groups is 1. The van der Waals surface area contributed by atoms with Gasteiger partial charge in [0.05, 0.1) is 0 Å². The van der Waals surface area contributed by atoms with Crippen molar-refractivity contribution in [3.05, 3.63) is 90.0 Å². The first-order valence-electron chi connectivity index (χ1n) is 8.57. The van der Waals surface area contributed by atoms with Crippen LogP contribution in [0.5, 0.6) is 17.2 Å². The first kappa shape index (κ1) is 17.7. The lowest BCUT2D eigenvalue weighted by atomic mass is 10.0. The minimum absolute atomic E-state index is 0.000770. The van der Waals surface area contributed by atoms with Crippen molar-refractivity contribution in [2.75, 3.05) is 0 Å².